The van der Waals surface area contributed by atoms with Gasteiger partial charge in [-0.15, -0.1) is 0 Å². The van der Waals surface area contributed by atoms with Gasteiger partial charge in [0.1, 0.15) is 0 Å². The zero-order valence-electron chi connectivity index (χ0n) is 7.05. The third-order valence-electron chi connectivity index (χ3n) is 1.45. The van der Waals surface area contributed by atoms with E-state index in [1.807, 2.05) is 6.92 Å². The third kappa shape index (κ3) is 2.63. The first-order chi connectivity index (χ1) is 5.33. The van der Waals surface area contributed by atoms with E-state index in [4.69, 9.17) is 4.84 Å². The normalized spacial score (nSPS) is 21.6. The fourth-order valence-corrected chi connectivity index (χ4v) is 0.885. The molecule has 1 atom stereocenters. The molecule has 1 rings (SSSR count). The number of rotatable bonds is 1. The van der Waals surface area contributed by atoms with Crippen LogP contribution in [0.3, 0.4) is 0 Å². The molecule has 0 N–H and O–H groups in total. The molecule has 0 fully saturated rings. The average Bonchev–Trinajstić information content (AvgIpc) is 2.37. The highest BCUT2D eigenvalue weighted by molar-refractivity contribution is 5.83. The Hall–Kier alpha value is -0.970. The molecule has 0 radical (unpaired) electrons. The van der Waals surface area contributed by atoms with Crippen LogP contribution in [0.5, 0.6) is 0 Å². The Morgan fingerprint density at radius 1 is 1.73 bits per heavy atom. The van der Waals surface area contributed by atoms with Gasteiger partial charge in [0.2, 0.25) is 0 Å². The lowest BCUT2D eigenvalue weighted by Crippen LogP contribution is -2.02. The van der Waals surface area contributed by atoms with E-state index in [0.717, 1.165) is 25.0 Å². The average molecular weight is 151 g/mol. The highest BCUT2D eigenvalue weighted by Crippen LogP contribution is 2.08. The SMILES string of the molecule is CCCC#CC1CC(C)=NO1. The topological polar surface area (TPSA) is 21.6 Å². The van der Waals surface area contributed by atoms with Crippen molar-refractivity contribution in [1.82, 2.24) is 0 Å². The largest absolute Gasteiger partial charge is 0.379 e. The minimum atomic E-state index is 0.0292. The summed E-state index contributed by atoms with van der Waals surface area (Å²) in [5.41, 5.74) is 1.04. The molecule has 60 valence electrons. The second kappa shape index (κ2) is 4.02. The molecule has 0 spiro atoms. The lowest BCUT2D eigenvalue weighted by atomic mass is 10.2. The van der Waals surface area contributed by atoms with Gasteiger partial charge in [0.05, 0.1) is 5.71 Å². The van der Waals surface area contributed by atoms with Crippen molar-refractivity contribution >= 4 is 5.71 Å². The zero-order valence-corrected chi connectivity index (χ0v) is 7.05. The van der Waals surface area contributed by atoms with E-state index < -0.39 is 0 Å². The summed E-state index contributed by atoms with van der Waals surface area (Å²) < 4.78 is 0. The molecule has 0 aromatic heterocycles. The Labute approximate surface area is 67.6 Å². The van der Waals surface area contributed by atoms with Crippen molar-refractivity contribution in [1.29, 1.82) is 0 Å². The van der Waals surface area contributed by atoms with Gasteiger partial charge in [0.25, 0.3) is 0 Å². The lowest BCUT2D eigenvalue weighted by Gasteiger charge is -1.95. The van der Waals surface area contributed by atoms with Crippen LogP contribution in [0.15, 0.2) is 5.16 Å². The third-order valence-corrected chi connectivity index (χ3v) is 1.45. The van der Waals surface area contributed by atoms with E-state index in [0.29, 0.717) is 0 Å². The maximum absolute atomic E-state index is 5.03. The van der Waals surface area contributed by atoms with E-state index in [-0.39, 0.29) is 6.10 Å². The van der Waals surface area contributed by atoms with Gasteiger partial charge in [-0.25, -0.2) is 0 Å². The molecule has 0 aromatic rings. The smallest absolute Gasteiger partial charge is 0.192 e. The Morgan fingerprint density at radius 3 is 3.09 bits per heavy atom. The summed E-state index contributed by atoms with van der Waals surface area (Å²) in [7, 11) is 0. The molecule has 1 aliphatic rings. The summed E-state index contributed by atoms with van der Waals surface area (Å²) >= 11 is 0. The number of unbranched alkanes of at least 4 members (excludes halogenated alkanes) is 1. The van der Waals surface area contributed by atoms with Gasteiger partial charge in [-0.1, -0.05) is 23.9 Å². The van der Waals surface area contributed by atoms with Gasteiger partial charge >= 0.3 is 0 Å². The Balaban J connectivity index is 2.27. The number of hydrogen-bond donors (Lipinski definition) is 0. The van der Waals surface area contributed by atoms with Crippen LogP contribution in [0.1, 0.15) is 33.1 Å². The van der Waals surface area contributed by atoms with Crippen molar-refractivity contribution in [3.8, 4) is 11.8 Å². The van der Waals surface area contributed by atoms with E-state index in [2.05, 4.69) is 23.9 Å². The molecule has 0 bridgehead atoms. The van der Waals surface area contributed by atoms with Gasteiger partial charge in [-0.2, -0.15) is 0 Å². The highest BCUT2D eigenvalue weighted by atomic mass is 16.6. The molecule has 0 saturated heterocycles. The van der Waals surface area contributed by atoms with Crippen LogP contribution < -0.4 is 0 Å². The molecule has 0 aromatic carbocycles. The number of oxime groups is 1. The minimum Gasteiger partial charge on any atom is -0.379 e. The van der Waals surface area contributed by atoms with Crippen molar-refractivity contribution in [2.45, 2.75) is 39.2 Å². The maximum Gasteiger partial charge on any atom is 0.192 e. The van der Waals surface area contributed by atoms with Crippen LogP contribution in [0.25, 0.3) is 0 Å². The number of hydrogen-bond acceptors (Lipinski definition) is 2. The molecular weight excluding hydrogens is 138 g/mol. The van der Waals surface area contributed by atoms with Crippen LogP contribution in [0.4, 0.5) is 0 Å². The zero-order chi connectivity index (χ0) is 8.10. The Kier molecular flexibility index (Phi) is 2.97. The minimum absolute atomic E-state index is 0.0292. The second-order valence-corrected chi connectivity index (χ2v) is 2.70. The molecule has 11 heavy (non-hydrogen) atoms. The van der Waals surface area contributed by atoms with Crippen LogP contribution >= 0.6 is 0 Å². The van der Waals surface area contributed by atoms with Crippen molar-refractivity contribution in [3.63, 3.8) is 0 Å². The van der Waals surface area contributed by atoms with Crippen LogP contribution in [-0.2, 0) is 4.84 Å². The maximum atomic E-state index is 5.03. The van der Waals surface area contributed by atoms with Crippen molar-refractivity contribution in [2.24, 2.45) is 5.16 Å². The first kappa shape index (κ1) is 8.13. The Morgan fingerprint density at radius 2 is 2.55 bits per heavy atom. The second-order valence-electron chi connectivity index (χ2n) is 2.70. The molecule has 1 heterocycles. The summed E-state index contributed by atoms with van der Waals surface area (Å²) in [5.74, 6) is 6.08. The first-order valence-electron chi connectivity index (χ1n) is 4.00. The van der Waals surface area contributed by atoms with Gasteiger partial charge < -0.3 is 4.84 Å². The van der Waals surface area contributed by atoms with Crippen molar-refractivity contribution in [3.05, 3.63) is 0 Å². The molecule has 0 amide bonds. The summed E-state index contributed by atoms with van der Waals surface area (Å²) in [5, 5.41) is 3.81. The predicted octanol–water partition coefficient (Wildman–Crippen LogP) is 1.95. The highest BCUT2D eigenvalue weighted by Gasteiger charge is 2.13. The molecule has 0 saturated carbocycles. The van der Waals surface area contributed by atoms with E-state index >= 15 is 0 Å². The summed E-state index contributed by atoms with van der Waals surface area (Å²) in [6.45, 7) is 4.08. The van der Waals surface area contributed by atoms with Crippen LogP contribution in [0.2, 0.25) is 0 Å². The quantitative estimate of drug-likeness (QED) is 0.525. The molecule has 1 unspecified atom stereocenters. The molecule has 2 nitrogen and oxygen atoms in total. The Bertz CT molecular complexity index is 209. The summed E-state index contributed by atoms with van der Waals surface area (Å²) in [4.78, 5) is 5.03. The van der Waals surface area contributed by atoms with Crippen molar-refractivity contribution in [2.75, 3.05) is 0 Å². The van der Waals surface area contributed by atoms with Gasteiger partial charge in [0.15, 0.2) is 6.10 Å². The van der Waals surface area contributed by atoms with E-state index in [1.54, 1.807) is 0 Å². The fourth-order valence-electron chi connectivity index (χ4n) is 0.885. The van der Waals surface area contributed by atoms with Crippen LogP contribution in [0, 0.1) is 11.8 Å². The molecule has 2 heteroatoms. The van der Waals surface area contributed by atoms with Gasteiger partial charge in [-0.05, 0) is 13.3 Å². The number of nitrogens with zero attached hydrogens (tertiary/aromatic N) is 1. The summed E-state index contributed by atoms with van der Waals surface area (Å²) in [6, 6.07) is 0. The van der Waals surface area contributed by atoms with Crippen LogP contribution in [-0.4, -0.2) is 11.8 Å². The predicted molar refractivity (Wildman–Crippen MR) is 45.3 cm³/mol. The molecule has 1 aliphatic heterocycles. The summed E-state index contributed by atoms with van der Waals surface area (Å²) in [6.07, 6.45) is 2.97. The van der Waals surface area contributed by atoms with E-state index in [9.17, 15) is 0 Å². The lowest BCUT2D eigenvalue weighted by molar-refractivity contribution is 0.126. The van der Waals surface area contributed by atoms with Gasteiger partial charge in [-0.3, -0.25) is 0 Å². The van der Waals surface area contributed by atoms with E-state index in [1.165, 1.54) is 0 Å². The van der Waals surface area contributed by atoms with Gasteiger partial charge in [0, 0.05) is 12.8 Å². The molecular formula is C9H13NO. The fraction of sp³-hybridized carbons (Fsp3) is 0.667. The monoisotopic (exact) mass is 151 g/mol. The first-order valence-corrected chi connectivity index (χ1v) is 4.00. The standard InChI is InChI=1S/C9H13NO/c1-3-4-5-6-9-7-8(2)10-11-9/h9H,3-4,7H2,1-2H3. The van der Waals surface area contributed by atoms with Crippen molar-refractivity contribution < 1.29 is 4.84 Å². The molecule has 0 aliphatic carbocycles.